The van der Waals surface area contributed by atoms with Crippen molar-refractivity contribution in [2.45, 2.75) is 12.8 Å². The van der Waals surface area contributed by atoms with Crippen LogP contribution in [0.4, 0.5) is 0 Å². The molecule has 0 amide bonds. The summed E-state index contributed by atoms with van der Waals surface area (Å²) in [5, 5.41) is 0. The quantitative estimate of drug-likeness (QED) is 0.645. The van der Waals surface area contributed by atoms with E-state index in [1.165, 1.54) is 4.31 Å². The van der Waals surface area contributed by atoms with E-state index in [4.69, 9.17) is 0 Å². The van der Waals surface area contributed by atoms with Gasteiger partial charge in [-0.15, -0.1) is 0 Å². The van der Waals surface area contributed by atoms with Crippen molar-refractivity contribution in [3.63, 3.8) is 0 Å². The van der Waals surface area contributed by atoms with Crippen LogP contribution in [-0.4, -0.2) is 37.3 Å². The monoisotopic (exact) mass is 195 g/mol. The van der Waals surface area contributed by atoms with Crippen molar-refractivity contribution in [2.24, 2.45) is 0 Å². The summed E-state index contributed by atoms with van der Waals surface area (Å²) >= 11 is 4.00. The highest BCUT2D eigenvalue weighted by atomic mass is 32.2. The molecule has 0 N–H and O–H groups in total. The lowest BCUT2D eigenvalue weighted by Gasteiger charge is -2.25. The van der Waals surface area contributed by atoms with Gasteiger partial charge in [-0.3, -0.25) is 0 Å². The molecule has 1 rings (SSSR count). The largest absolute Gasteiger partial charge is 0.214 e. The van der Waals surface area contributed by atoms with Crippen molar-refractivity contribution in [3.8, 4) is 0 Å². The molecule has 0 aliphatic carbocycles. The molecule has 0 spiro atoms. The Morgan fingerprint density at radius 1 is 1.36 bits per heavy atom. The first kappa shape index (κ1) is 9.35. The molecule has 3 nitrogen and oxygen atoms in total. The van der Waals surface area contributed by atoms with Gasteiger partial charge in [0.2, 0.25) is 10.0 Å². The van der Waals surface area contributed by atoms with E-state index < -0.39 is 10.0 Å². The lowest BCUT2D eigenvalue weighted by atomic mass is 10.3. The van der Waals surface area contributed by atoms with Gasteiger partial charge in [0.25, 0.3) is 0 Å². The lowest BCUT2D eigenvalue weighted by Crippen LogP contribution is -2.38. The fourth-order valence-corrected chi connectivity index (χ4v) is 3.18. The Labute approximate surface area is 73.2 Å². The van der Waals surface area contributed by atoms with Crippen molar-refractivity contribution in [1.29, 1.82) is 0 Å². The average molecular weight is 195 g/mol. The van der Waals surface area contributed by atoms with Crippen LogP contribution in [0.25, 0.3) is 0 Å². The van der Waals surface area contributed by atoms with Gasteiger partial charge in [0.1, 0.15) is 0 Å². The Kier molecular flexibility index (Phi) is 3.21. The predicted octanol–water partition coefficient (Wildman–Crippen LogP) is 0.342. The van der Waals surface area contributed by atoms with Gasteiger partial charge in [0, 0.05) is 18.8 Å². The molecule has 0 bridgehead atoms. The summed E-state index contributed by atoms with van der Waals surface area (Å²) < 4.78 is 24.1. The van der Waals surface area contributed by atoms with E-state index in [1.54, 1.807) is 0 Å². The summed E-state index contributed by atoms with van der Waals surface area (Å²) in [6, 6.07) is 0. The number of thiol groups is 1. The van der Waals surface area contributed by atoms with Gasteiger partial charge in [-0.25, -0.2) is 12.7 Å². The van der Waals surface area contributed by atoms with E-state index in [9.17, 15) is 8.42 Å². The van der Waals surface area contributed by atoms with Crippen LogP contribution >= 0.6 is 12.6 Å². The maximum atomic E-state index is 11.3. The van der Waals surface area contributed by atoms with Crippen LogP contribution in [0, 0.1) is 0 Å². The summed E-state index contributed by atoms with van der Waals surface area (Å²) in [6.45, 7) is 1.24. The molecule has 11 heavy (non-hydrogen) atoms. The molecule has 5 heteroatoms. The van der Waals surface area contributed by atoms with E-state index in [2.05, 4.69) is 12.6 Å². The van der Waals surface area contributed by atoms with Crippen LogP contribution in [0.2, 0.25) is 0 Å². The van der Waals surface area contributed by atoms with Crippen molar-refractivity contribution in [3.05, 3.63) is 0 Å². The normalized spacial score (nSPS) is 25.2. The van der Waals surface area contributed by atoms with Crippen LogP contribution < -0.4 is 0 Å². The summed E-state index contributed by atoms with van der Waals surface area (Å²) in [6.07, 6.45) is 1.80. The smallest absolute Gasteiger partial charge is 0.212 e. The molecule has 0 radical (unpaired) electrons. The van der Waals surface area contributed by atoms with E-state index >= 15 is 0 Å². The first-order chi connectivity index (χ1) is 5.17. The molecule has 1 aliphatic heterocycles. The summed E-state index contributed by atoms with van der Waals surface area (Å²) in [5.74, 6) is 0.931. The molecule has 1 heterocycles. The zero-order chi connectivity index (χ0) is 8.32. The first-order valence-electron chi connectivity index (χ1n) is 3.75. The molecule has 1 aliphatic rings. The third kappa shape index (κ3) is 2.35. The van der Waals surface area contributed by atoms with E-state index in [0.29, 0.717) is 24.6 Å². The zero-order valence-electron chi connectivity index (χ0n) is 6.36. The Morgan fingerprint density at radius 3 is 2.64 bits per heavy atom. The van der Waals surface area contributed by atoms with Gasteiger partial charge in [-0.1, -0.05) is 0 Å². The van der Waals surface area contributed by atoms with Crippen LogP contribution in [0.5, 0.6) is 0 Å². The van der Waals surface area contributed by atoms with Crippen LogP contribution in [0.1, 0.15) is 12.8 Å². The van der Waals surface area contributed by atoms with Gasteiger partial charge in [-0.05, 0) is 12.8 Å². The average Bonchev–Trinajstić information content (AvgIpc) is 1.94. The second kappa shape index (κ2) is 3.78. The number of sulfonamides is 1. The Balaban J connectivity index is 2.60. The van der Waals surface area contributed by atoms with Crippen LogP contribution in [0.3, 0.4) is 0 Å². The first-order valence-corrected chi connectivity index (χ1v) is 5.99. The predicted molar refractivity (Wildman–Crippen MR) is 48.4 cm³/mol. The topological polar surface area (TPSA) is 37.4 Å². The molecule has 0 atom stereocenters. The van der Waals surface area contributed by atoms with Gasteiger partial charge < -0.3 is 0 Å². The molecular weight excluding hydrogens is 182 g/mol. The van der Waals surface area contributed by atoms with Gasteiger partial charge in [0.05, 0.1) is 5.75 Å². The van der Waals surface area contributed by atoms with E-state index in [1.807, 2.05) is 0 Å². The number of hydrogen-bond acceptors (Lipinski definition) is 3. The third-order valence-corrected chi connectivity index (χ3v) is 3.96. The lowest BCUT2D eigenvalue weighted by molar-refractivity contribution is 0.400. The second-order valence-corrected chi connectivity index (χ2v) is 5.18. The third-order valence-electron chi connectivity index (χ3n) is 1.80. The molecule has 0 saturated carbocycles. The minimum atomic E-state index is -2.90. The molecule has 0 aromatic rings. The molecule has 0 unspecified atom stereocenters. The highest BCUT2D eigenvalue weighted by Gasteiger charge is 2.24. The van der Waals surface area contributed by atoms with Crippen LogP contribution in [0.15, 0.2) is 0 Å². The molecule has 0 aromatic heterocycles. The SMILES string of the molecule is O=S1(=O)CCCCN1CCS. The summed E-state index contributed by atoms with van der Waals surface area (Å²) in [5.41, 5.74) is 0. The summed E-state index contributed by atoms with van der Waals surface area (Å²) in [7, 11) is -2.90. The minimum absolute atomic E-state index is 0.320. The minimum Gasteiger partial charge on any atom is -0.212 e. The molecular formula is C6H13NO2S2. The summed E-state index contributed by atoms with van der Waals surface area (Å²) in [4.78, 5) is 0. The highest BCUT2D eigenvalue weighted by Crippen LogP contribution is 2.12. The molecule has 66 valence electrons. The highest BCUT2D eigenvalue weighted by molar-refractivity contribution is 7.89. The maximum absolute atomic E-state index is 11.3. The standard InChI is InChI=1S/C6H13NO2S2/c8-11(9)6-2-1-3-7(11)4-5-10/h10H,1-6H2. The van der Waals surface area contributed by atoms with Crippen molar-refractivity contribution in [2.75, 3.05) is 24.6 Å². The fraction of sp³-hybridized carbons (Fsp3) is 1.00. The number of hydrogen-bond donors (Lipinski definition) is 1. The Bertz CT molecular complexity index is 211. The van der Waals surface area contributed by atoms with Crippen molar-refractivity contribution in [1.82, 2.24) is 4.31 Å². The van der Waals surface area contributed by atoms with Gasteiger partial charge in [-0.2, -0.15) is 12.6 Å². The number of nitrogens with zero attached hydrogens (tertiary/aromatic N) is 1. The van der Waals surface area contributed by atoms with Crippen molar-refractivity contribution >= 4 is 22.7 Å². The Morgan fingerprint density at radius 2 is 2.09 bits per heavy atom. The Hall–Kier alpha value is 0.260. The van der Waals surface area contributed by atoms with Crippen LogP contribution in [-0.2, 0) is 10.0 Å². The maximum Gasteiger partial charge on any atom is 0.214 e. The van der Waals surface area contributed by atoms with Gasteiger partial charge in [0.15, 0.2) is 0 Å². The number of rotatable bonds is 2. The molecule has 1 fully saturated rings. The molecule has 1 saturated heterocycles. The van der Waals surface area contributed by atoms with Gasteiger partial charge >= 0.3 is 0 Å². The molecule has 0 aromatic carbocycles. The van der Waals surface area contributed by atoms with E-state index in [0.717, 1.165) is 12.8 Å². The second-order valence-electron chi connectivity index (χ2n) is 2.65. The zero-order valence-corrected chi connectivity index (χ0v) is 8.07. The van der Waals surface area contributed by atoms with E-state index in [-0.39, 0.29) is 0 Å². The fourth-order valence-electron chi connectivity index (χ4n) is 1.20. The van der Waals surface area contributed by atoms with Crippen molar-refractivity contribution < 1.29 is 8.42 Å².